The summed E-state index contributed by atoms with van der Waals surface area (Å²) in [6, 6.07) is 30.2. The van der Waals surface area contributed by atoms with Gasteiger partial charge in [0.25, 0.3) is 0 Å². The number of rotatable bonds is 4. The van der Waals surface area contributed by atoms with Crippen molar-refractivity contribution in [1.29, 1.82) is 0 Å². The maximum Gasteiger partial charge on any atom is 0.155 e. The Hall–Kier alpha value is -3.50. The fraction of sp³-hybridized carbons (Fsp3) is 0.194. The molecule has 0 aliphatic carbocycles. The van der Waals surface area contributed by atoms with Crippen molar-refractivity contribution < 1.29 is 34.6 Å². The van der Waals surface area contributed by atoms with Crippen LogP contribution in [0.5, 0.6) is 0 Å². The van der Waals surface area contributed by atoms with Gasteiger partial charge >= 0.3 is 0 Å². The van der Waals surface area contributed by atoms with Crippen LogP contribution in [0.15, 0.2) is 84.6 Å². The van der Waals surface area contributed by atoms with Gasteiger partial charge < -0.3 is 9.67 Å². The number of nitrogens with zero attached hydrogens (tertiary/aromatic N) is 1. The standard InChI is InChI=1S/C31H26NS.C5H8O2.Ir/c1-19(2)15-22-18-28(32(4)27-14-13-21-9-5-6-10-23(21)30(22)27)26-17-20(3)16-25-24-11-7-8-12-29(24)33-31(25)26;1-4(6)3-5(2)7;/h5-14,16,18-19H,4,15H2,1-3H3;3,6H,1-2H3;/q-1;;/b;4-3-;. The fourth-order valence-electron chi connectivity index (χ4n) is 5.45. The van der Waals surface area contributed by atoms with E-state index in [0.29, 0.717) is 5.92 Å². The predicted molar refractivity (Wildman–Crippen MR) is 170 cm³/mol. The van der Waals surface area contributed by atoms with Gasteiger partial charge in [-0.1, -0.05) is 80.3 Å². The van der Waals surface area contributed by atoms with Crippen LogP contribution in [0.2, 0.25) is 0 Å². The van der Waals surface area contributed by atoms with Crippen LogP contribution in [0.4, 0.5) is 0 Å². The van der Waals surface area contributed by atoms with Gasteiger partial charge in [-0.3, -0.25) is 4.79 Å². The first-order chi connectivity index (χ1) is 19.1. The van der Waals surface area contributed by atoms with E-state index in [-0.39, 0.29) is 31.6 Å². The van der Waals surface area contributed by atoms with E-state index in [1.165, 1.54) is 67.3 Å². The first-order valence-corrected chi connectivity index (χ1v) is 14.4. The topological polar surface area (TPSA) is 41.2 Å². The molecule has 6 rings (SSSR count). The maximum atomic E-state index is 10.0. The van der Waals surface area contributed by atoms with Gasteiger partial charge in [0.2, 0.25) is 0 Å². The Morgan fingerprint density at radius 3 is 2.34 bits per heavy atom. The van der Waals surface area contributed by atoms with E-state index >= 15 is 0 Å². The Balaban J connectivity index is 0.000000434. The molecule has 0 unspecified atom stereocenters. The minimum absolute atomic E-state index is 0. The van der Waals surface area contributed by atoms with Gasteiger partial charge in [-0.25, -0.2) is 0 Å². The van der Waals surface area contributed by atoms with Crippen LogP contribution in [-0.4, -0.2) is 10.9 Å². The summed E-state index contributed by atoms with van der Waals surface area (Å²) in [5, 5.41) is 14.9. The Morgan fingerprint density at radius 2 is 1.68 bits per heavy atom. The van der Waals surface area contributed by atoms with E-state index in [2.05, 4.69) is 111 Å². The largest absolute Gasteiger partial charge is 0.512 e. The normalized spacial score (nSPS) is 11.6. The van der Waals surface area contributed by atoms with E-state index in [9.17, 15) is 4.79 Å². The average molecular weight is 737 g/mol. The molecule has 0 atom stereocenters. The molecule has 0 aliphatic heterocycles. The molecule has 2 heterocycles. The van der Waals surface area contributed by atoms with Gasteiger partial charge in [0.1, 0.15) is 11.2 Å². The van der Waals surface area contributed by atoms with Crippen molar-refractivity contribution in [3.63, 3.8) is 0 Å². The second-order valence-electron chi connectivity index (χ2n) is 10.8. The van der Waals surface area contributed by atoms with Gasteiger partial charge in [0, 0.05) is 43.3 Å². The van der Waals surface area contributed by atoms with E-state index in [4.69, 9.17) is 5.11 Å². The minimum Gasteiger partial charge on any atom is -0.512 e. The number of benzene rings is 4. The molecule has 0 bridgehead atoms. The molecule has 5 heteroatoms. The SMILES string of the molecule is CC(=O)/C=C(/C)O.[CH2-][n+]1c(-c2[c-]c(C)cc3c2sc2ccccc23)cc(CC(C)C)c2c3ccccc3ccc21.[Ir]. The zero-order chi connectivity index (χ0) is 28.6. The number of aliphatic hydroxyl groups excluding tert-OH is 1. The first-order valence-electron chi connectivity index (χ1n) is 13.6. The summed E-state index contributed by atoms with van der Waals surface area (Å²) in [5.74, 6) is 0.499. The second-order valence-corrected chi connectivity index (χ2v) is 11.9. The van der Waals surface area contributed by atoms with Gasteiger partial charge in [0.15, 0.2) is 5.78 Å². The molecule has 0 spiro atoms. The van der Waals surface area contributed by atoms with Crippen molar-refractivity contribution in [2.45, 2.75) is 41.0 Å². The number of fused-ring (bicyclic) bond motifs is 6. The van der Waals surface area contributed by atoms with Crippen LogP contribution in [0, 0.1) is 26.0 Å². The summed E-state index contributed by atoms with van der Waals surface area (Å²) >= 11 is 1.86. The van der Waals surface area contributed by atoms with Crippen molar-refractivity contribution in [2.24, 2.45) is 5.92 Å². The molecule has 0 aliphatic rings. The van der Waals surface area contributed by atoms with Crippen LogP contribution >= 0.6 is 11.3 Å². The van der Waals surface area contributed by atoms with Crippen molar-refractivity contribution in [3.8, 4) is 11.3 Å². The number of carbonyl (C=O) groups excluding carboxylic acids is 1. The Morgan fingerprint density at radius 1 is 1.00 bits per heavy atom. The molecule has 6 aromatic rings. The van der Waals surface area contributed by atoms with Crippen molar-refractivity contribution in [2.75, 3.05) is 0 Å². The summed E-state index contributed by atoms with van der Waals surface area (Å²) in [4.78, 5) is 10.0. The number of pyridine rings is 1. The average Bonchev–Trinajstić information content (AvgIpc) is 3.27. The monoisotopic (exact) mass is 737 g/mol. The molecule has 0 saturated carbocycles. The van der Waals surface area contributed by atoms with E-state index in [1.807, 2.05) is 11.3 Å². The third-order valence-electron chi connectivity index (χ3n) is 6.96. The Kier molecular flexibility index (Phi) is 9.34. The Labute approximate surface area is 259 Å². The molecule has 211 valence electrons. The van der Waals surface area contributed by atoms with Gasteiger partial charge in [-0.15, -0.1) is 17.7 Å². The van der Waals surface area contributed by atoms with Crippen LogP contribution in [0.3, 0.4) is 0 Å². The molecular formula is C36H34IrNO2S-. The van der Waals surface area contributed by atoms with Gasteiger partial charge in [-0.2, -0.15) is 11.3 Å². The summed E-state index contributed by atoms with van der Waals surface area (Å²) in [7, 11) is 4.54. The van der Waals surface area contributed by atoms with E-state index < -0.39 is 0 Å². The molecule has 2 aromatic heterocycles. The summed E-state index contributed by atoms with van der Waals surface area (Å²) in [6.45, 7) is 9.59. The number of hydrogen-bond donors (Lipinski definition) is 1. The van der Waals surface area contributed by atoms with Crippen molar-refractivity contribution >= 4 is 59.0 Å². The summed E-state index contributed by atoms with van der Waals surface area (Å²) in [6.07, 6.45) is 2.19. The predicted octanol–water partition coefficient (Wildman–Crippen LogP) is 9.30. The third kappa shape index (κ3) is 6.23. The van der Waals surface area contributed by atoms with E-state index in [1.54, 1.807) is 0 Å². The van der Waals surface area contributed by atoms with Crippen LogP contribution in [-0.2, 0) is 31.3 Å². The smallest absolute Gasteiger partial charge is 0.155 e. The number of aromatic nitrogens is 1. The fourth-order valence-corrected chi connectivity index (χ4v) is 6.64. The minimum atomic E-state index is -0.125. The van der Waals surface area contributed by atoms with Crippen LogP contribution in [0.1, 0.15) is 38.8 Å². The van der Waals surface area contributed by atoms with Crippen LogP contribution in [0.25, 0.3) is 53.1 Å². The third-order valence-corrected chi connectivity index (χ3v) is 8.17. The summed E-state index contributed by atoms with van der Waals surface area (Å²) in [5.41, 5.74) is 6.00. The molecule has 1 N–H and O–H groups in total. The van der Waals surface area contributed by atoms with Crippen molar-refractivity contribution in [3.05, 3.63) is 109 Å². The molecule has 3 nitrogen and oxygen atoms in total. The molecule has 41 heavy (non-hydrogen) atoms. The molecule has 1 radical (unpaired) electrons. The first kappa shape index (κ1) is 30.5. The zero-order valence-electron chi connectivity index (χ0n) is 24.0. The molecule has 0 amide bonds. The number of thiophene rings is 1. The number of aryl methyl sites for hydroxylation is 1. The van der Waals surface area contributed by atoms with Gasteiger partial charge in [0.05, 0.1) is 5.76 Å². The zero-order valence-corrected chi connectivity index (χ0v) is 27.3. The number of carbonyl (C=O) groups is 1. The number of ketones is 1. The van der Waals surface area contributed by atoms with Crippen molar-refractivity contribution in [1.82, 2.24) is 0 Å². The molecule has 4 aromatic carbocycles. The number of aliphatic hydroxyl groups is 1. The quantitative estimate of drug-likeness (QED) is 0.0645. The van der Waals surface area contributed by atoms with Gasteiger partial charge in [-0.05, 0) is 70.8 Å². The number of hydrogen-bond acceptors (Lipinski definition) is 3. The van der Waals surface area contributed by atoms with E-state index in [0.717, 1.165) is 23.2 Å². The molecule has 0 saturated heterocycles. The number of allylic oxidation sites excluding steroid dienone is 2. The Bertz CT molecular complexity index is 1930. The molecular weight excluding hydrogens is 703 g/mol. The summed E-state index contributed by atoms with van der Waals surface area (Å²) < 4.78 is 4.73. The maximum absolute atomic E-state index is 10.0. The van der Waals surface area contributed by atoms with Crippen LogP contribution < -0.4 is 4.57 Å². The molecule has 0 fully saturated rings. The second kappa shape index (κ2) is 12.6.